The minimum atomic E-state index is -7.96. The van der Waals surface area contributed by atoms with Crippen molar-refractivity contribution in [3.63, 3.8) is 0 Å². The molecule has 0 spiro atoms. The minimum Gasteiger partial charge on any atom is -0.743 e. The van der Waals surface area contributed by atoms with Crippen molar-refractivity contribution in [1.29, 1.82) is 0 Å². The maximum Gasteiger partial charge on any atom is 0.480 e. The van der Waals surface area contributed by atoms with Crippen LogP contribution in [0.3, 0.4) is 0 Å². The molecule has 12 aromatic carbocycles. The van der Waals surface area contributed by atoms with E-state index >= 15 is 0 Å². The molecule has 0 bridgehead atoms. The molecule has 0 saturated carbocycles. The first-order valence-corrected chi connectivity index (χ1v) is 52.9. The van der Waals surface area contributed by atoms with Gasteiger partial charge in [0.25, 0.3) is 10.4 Å². The summed E-state index contributed by atoms with van der Waals surface area (Å²) in [6.45, 7) is 11.2. The van der Waals surface area contributed by atoms with Crippen LogP contribution in [0, 0.1) is 0 Å². The zero-order chi connectivity index (χ0) is 103. The van der Waals surface area contributed by atoms with Crippen LogP contribution in [-0.2, 0) is 89.2 Å². The predicted octanol–water partition coefficient (Wildman–Crippen LogP) is 24.4. The van der Waals surface area contributed by atoms with Crippen molar-refractivity contribution >= 4 is 113 Å². The van der Waals surface area contributed by atoms with Gasteiger partial charge in [-0.3, -0.25) is 0 Å². The summed E-state index contributed by atoms with van der Waals surface area (Å²) >= 11 is 0. The molecule has 13 rings (SSSR count). The predicted molar refractivity (Wildman–Crippen MR) is 499 cm³/mol. The quantitative estimate of drug-likeness (QED) is 0.0135. The van der Waals surface area contributed by atoms with E-state index in [0.717, 1.165) is 68.0 Å². The second-order valence-electron chi connectivity index (χ2n) is 29.7. The Kier molecular flexibility index (Phi) is 38.4. The fourth-order valence-electron chi connectivity index (χ4n) is 12.3. The van der Waals surface area contributed by atoms with Crippen LogP contribution in [0.15, 0.2) is 345 Å². The number of aliphatic hydroxyl groups excluding tert-OH is 1. The van der Waals surface area contributed by atoms with Crippen LogP contribution in [-0.4, -0.2) is 117 Å². The summed E-state index contributed by atoms with van der Waals surface area (Å²) in [5, 5.41) is -16.0. The number of thiophene rings is 1. The van der Waals surface area contributed by atoms with E-state index in [4.69, 9.17) is 9.47 Å². The number of rotatable bonds is 32. The number of hydrogen-bond acceptors (Lipinski definition) is 20. The molecule has 13 aromatic rings. The molecule has 0 amide bonds. The van der Waals surface area contributed by atoms with E-state index in [-0.39, 0.29) is 56.5 Å². The molecule has 748 valence electrons. The second-order valence-corrected chi connectivity index (χ2v) is 44.7. The fraction of sp³-hybridized carbons (Fsp3) is 0.234. The number of benzene rings is 12. The summed E-state index contributed by atoms with van der Waals surface area (Å²) in [5.74, 6) is -14.7. The molecular formula is C94H88F15NO20S9. The van der Waals surface area contributed by atoms with Gasteiger partial charge < -0.3 is 40.4 Å². The van der Waals surface area contributed by atoms with E-state index in [1.165, 1.54) is 64.0 Å². The lowest BCUT2D eigenvalue weighted by Gasteiger charge is -2.35. The molecule has 0 fully saturated rings. The maximum absolute atomic E-state index is 14.0. The summed E-state index contributed by atoms with van der Waals surface area (Å²) in [6, 6.07) is 99.0. The van der Waals surface area contributed by atoms with Gasteiger partial charge >= 0.3 is 58.6 Å². The van der Waals surface area contributed by atoms with E-state index < -0.39 is 111 Å². The topological polar surface area (TPSA) is 331 Å². The van der Waals surface area contributed by atoms with Crippen LogP contribution in [0.25, 0.3) is 29.2 Å². The van der Waals surface area contributed by atoms with Crippen LogP contribution in [0.1, 0.15) is 101 Å². The van der Waals surface area contributed by atoms with Gasteiger partial charge in [-0.25, -0.2) is 33.7 Å². The smallest absolute Gasteiger partial charge is 0.480 e. The molecule has 1 heterocycles. The van der Waals surface area contributed by atoms with Crippen molar-refractivity contribution in [2.75, 3.05) is 14.2 Å². The Hall–Kier alpha value is -11.0. The van der Waals surface area contributed by atoms with Crippen LogP contribution < -0.4 is 22.0 Å². The molecule has 45 heteroatoms. The Morgan fingerprint density at radius 2 is 0.633 bits per heavy atom. The zero-order valence-corrected chi connectivity index (χ0v) is 81.4. The third-order valence-corrected chi connectivity index (χ3v) is 34.0. The first-order chi connectivity index (χ1) is 64.9. The third kappa shape index (κ3) is 27.4. The van der Waals surface area contributed by atoms with Crippen molar-refractivity contribution in [3.05, 3.63) is 342 Å². The number of sulfonamides is 2. The highest BCUT2D eigenvalue weighted by Gasteiger charge is 2.83. The summed E-state index contributed by atoms with van der Waals surface area (Å²) in [4.78, 5) is 8.94. The number of methoxy groups -OCH3 is 2. The van der Waals surface area contributed by atoms with Gasteiger partial charge in [0, 0.05) is 33.4 Å². The average Bonchev–Trinajstić information content (AvgIpc) is 1.36. The first kappa shape index (κ1) is 113. The van der Waals surface area contributed by atoms with Crippen LogP contribution in [0.2, 0.25) is 0 Å². The second kappa shape index (κ2) is 47.1. The lowest BCUT2D eigenvalue weighted by molar-refractivity contribution is -0.247. The Morgan fingerprint density at radius 1 is 0.338 bits per heavy atom. The molecule has 3 unspecified atom stereocenters. The van der Waals surface area contributed by atoms with Gasteiger partial charge in [-0.2, -0.15) is 82.7 Å². The Labute approximate surface area is 802 Å². The minimum absolute atomic E-state index is 0.0146. The molecule has 3 atom stereocenters. The van der Waals surface area contributed by atoms with Crippen molar-refractivity contribution in [2.24, 2.45) is 0 Å². The number of nitrogens with zero attached hydrogens (tertiary/aromatic N) is 1. The standard InChI is InChI=1S/C21H21O3S.C18H13S.C18H15S.C14H13F9NO7S3.C13H14F6O6S2.C10H14O4S/c1-23-17-7-4-10-20(13-17)25(19-9-3-6-16(12-19)15-22)21-11-5-8-18(14-21)24-2;1-2-8-14(9-3-1)19-17-12-6-4-10-15(17)16-11-5-7-13-18(16)19;1-4-10-16(11-5-1)19(17-12-6-2-7-13-17)18-14-8-3-9-15-18;1-3-8(2)9-4-6-10(7-5-9)31-34(29,30)13(19,20)11(15,16)12(17,18)32(25,26)24-33(27,28)14(21,22)23;1-3-8(2)9-4-6-10(7-5-9)25-27(23,24)13(18,19)11(14,15)12(16,17)26(20,21)22;1-3-8(2)9-4-6-10(7-5-9)14-15(11,12)13/h3-14,22H,15H2,1-2H3;1-13H;1-15H;4-8H,3H2,1-2H3;4-8H,3H2,1-2H3,(H,20,21,22);4-8H,3H2,1-2H3,(H,11,12,13)/q3*+1;-1;;/p-2. The highest BCUT2D eigenvalue weighted by molar-refractivity contribution is 8.13. The average molecular weight is 2130 g/mol. The van der Waals surface area contributed by atoms with Crippen molar-refractivity contribution in [1.82, 2.24) is 0 Å². The lowest BCUT2D eigenvalue weighted by Crippen LogP contribution is -2.61. The molecule has 21 nitrogen and oxygen atoms in total. The number of hydrogen-bond donors (Lipinski definition) is 1. The first-order valence-electron chi connectivity index (χ1n) is 40.8. The van der Waals surface area contributed by atoms with E-state index in [9.17, 15) is 131 Å². The molecule has 139 heavy (non-hydrogen) atoms. The summed E-state index contributed by atoms with van der Waals surface area (Å²) in [5.41, 5.74) is -3.60. The molecule has 0 aliphatic carbocycles. The van der Waals surface area contributed by atoms with E-state index in [1.54, 1.807) is 47.1 Å². The number of halogens is 15. The van der Waals surface area contributed by atoms with Gasteiger partial charge in [-0.1, -0.05) is 199 Å². The van der Waals surface area contributed by atoms with Crippen LogP contribution >= 0.6 is 10.5 Å². The maximum atomic E-state index is 14.0. The van der Waals surface area contributed by atoms with Gasteiger partial charge in [0.05, 0.1) is 42.6 Å². The largest absolute Gasteiger partial charge is 0.743 e. The SMILES string of the molecule is CCC(C)c1ccc(OS(=O)(=O)C(F)(F)C(F)(F)C(F)(F)S(=O)(=O)[N-]S(=O)(=O)C(F)(F)F)cc1.CCC(C)c1ccc(OS(=O)(=O)C(F)(F)C(F)(F)C(F)(F)S(=O)(=O)[O-])cc1.CCC(C)c1ccc(OS(=O)(=O)[O-])cc1.COc1cccc([S+](c2cccc(CO)c2)c2cccc(OC)c2)c1.c1ccc(-[s+]2c3ccccc3c3ccccc32)cc1.c1ccc([S+](c2ccccc2)c2ccccc2)cc1. The molecule has 0 aliphatic rings. The lowest BCUT2D eigenvalue weighted by atomic mass is 9.99. The Bertz CT molecular complexity index is 6730. The Morgan fingerprint density at radius 3 is 0.950 bits per heavy atom. The van der Waals surface area contributed by atoms with Crippen molar-refractivity contribution in [3.8, 4) is 33.6 Å². The number of fused-ring (bicyclic) bond motifs is 3. The van der Waals surface area contributed by atoms with Gasteiger partial charge in [-0.05, 0) is 205 Å². The third-order valence-electron chi connectivity index (χ3n) is 20.3. The fourth-order valence-corrected chi connectivity index (χ4v) is 23.9. The highest BCUT2D eigenvalue weighted by Crippen LogP contribution is 2.55. The molecule has 0 radical (unpaired) electrons. The van der Waals surface area contributed by atoms with E-state index in [1.807, 2.05) is 43.3 Å². The van der Waals surface area contributed by atoms with Gasteiger partial charge in [0.2, 0.25) is 0 Å². The number of alkyl halides is 15. The summed E-state index contributed by atoms with van der Waals surface area (Å²) in [6.07, 6.45) is 2.21. The van der Waals surface area contributed by atoms with Crippen LogP contribution in [0.4, 0.5) is 65.9 Å². The number of ether oxygens (including phenoxy) is 2. The van der Waals surface area contributed by atoms with Crippen molar-refractivity contribution < 1.29 is 153 Å². The van der Waals surface area contributed by atoms with Gasteiger partial charge in [-0.15, -0.1) is 0 Å². The number of aliphatic hydroxyl groups is 1. The van der Waals surface area contributed by atoms with E-state index in [2.05, 4.69) is 233 Å². The van der Waals surface area contributed by atoms with Gasteiger partial charge in [0.15, 0.2) is 73.8 Å². The molecule has 1 N–H and O–H groups in total. The molecule has 0 saturated heterocycles. The summed E-state index contributed by atoms with van der Waals surface area (Å²) in [7, 11) is -38.3. The monoisotopic (exact) mass is 2120 g/mol. The van der Waals surface area contributed by atoms with E-state index in [0.29, 0.717) is 46.1 Å². The zero-order valence-electron chi connectivity index (χ0n) is 74.1. The molecule has 1 aromatic heterocycles. The Balaban J connectivity index is 0.000000208. The summed E-state index contributed by atoms with van der Waals surface area (Å²) < 4.78 is 377. The highest BCUT2D eigenvalue weighted by atomic mass is 32.3. The normalized spacial score (nSPS) is 13.2. The van der Waals surface area contributed by atoms with Crippen molar-refractivity contribution in [2.45, 2.75) is 153 Å². The molecule has 0 aliphatic heterocycles. The van der Waals surface area contributed by atoms with Gasteiger partial charge in [0.1, 0.15) is 28.7 Å². The molecular weight excluding hydrogens is 2040 g/mol. The van der Waals surface area contributed by atoms with Crippen LogP contribution in [0.5, 0.6) is 28.7 Å².